The zero-order chi connectivity index (χ0) is 27.3. The molecule has 1 saturated heterocycles. The molecule has 0 unspecified atom stereocenters. The van der Waals surface area contributed by atoms with E-state index in [2.05, 4.69) is 5.32 Å². The first-order valence-corrected chi connectivity index (χ1v) is 14.7. The summed E-state index contributed by atoms with van der Waals surface area (Å²) in [5.41, 5.74) is 0.596. The summed E-state index contributed by atoms with van der Waals surface area (Å²) >= 11 is 0. The summed E-state index contributed by atoms with van der Waals surface area (Å²) in [6.45, 7) is 1.18. The maximum absolute atomic E-state index is 13.5. The van der Waals surface area contributed by atoms with Crippen molar-refractivity contribution in [2.75, 3.05) is 31.6 Å². The topological polar surface area (TPSA) is 130 Å². The number of esters is 1. The van der Waals surface area contributed by atoms with E-state index >= 15 is 0 Å². The SMILES string of the molecule is CCOC(=O)c1ccc(NC(=O)[C@@H]2CN(S(=O)(=O)c3ccccc3)CCN2S(=O)(=O)c2ccccc2)cc1. The van der Waals surface area contributed by atoms with E-state index in [1.807, 2.05) is 0 Å². The minimum Gasteiger partial charge on any atom is -0.462 e. The van der Waals surface area contributed by atoms with Crippen LogP contribution in [0.25, 0.3) is 0 Å². The number of carbonyl (C=O) groups excluding carboxylic acids is 2. The minimum atomic E-state index is -4.12. The molecule has 1 atom stereocenters. The van der Waals surface area contributed by atoms with Crippen LogP contribution in [0.3, 0.4) is 0 Å². The van der Waals surface area contributed by atoms with Crippen molar-refractivity contribution in [1.29, 1.82) is 0 Å². The van der Waals surface area contributed by atoms with Crippen molar-refractivity contribution in [2.24, 2.45) is 0 Å². The van der Waals surface area contributed by atoms with Crippen LogP contribution >= 0.6 is 0 Å². The van der Waals surface area contributed by atoms with Gasteiger partial charge in [0, 0.05) is 25.3 Å². The van der Waals surface area contributed by atoms with Crippen LogP contribution in [0.5, 0.6) is 0 Å². The third kappa shape index (κ3) is 5.78. The van der Waals surface area contributed by atoms with Crippen LogP contribution in [0, 0.1) is 0 Å². The second-order valence-electron chi connectivity index (χ2n) is 8.41. The number of hydrogen-bond donors (Lipinski definition) is 1. The number of amides is 1. The summed E-state index contributed by atoms with van der Waals surface area (Å²) in [4.78, 5) is 25.4. The minimum absolute atomic E-state index is 0.00374. The third-order valence-corrected chi connectivity index (χ3v) is 9.79. The van der Waals surface area contributed by atoms with Gasteiger partial charge in [-0.15, -0.1) is 0 Å². The summed E-state index contributed by atoms with van der Waals surface area (Å²) in [7, 11) is -8.09. The van der Waals surface area contributed by atoms with Gasteiger partial charge in [-0.1, -0.05) is 36.4 Å². The number of anilines is 1. The lowest BCUT2D eigenvalue weighted by Gasteiger charge is -2.38. The van der Waals surface area contributed by atoms with Crippen LogP contribution in [0.2, 0.25) is 0 Å². The first kappa shape index (κ1) is 27.5. The van der Waals surface area contributed by atoms with Crippen molar-refractivity contribution >= 4 is 37.6 Å². The lowest BCUT2D eigenvalue weighted by atomic mass is 10.2. The zero-order valence-corrected chi connectivity index (χ0v) is 22.2. The summed E-state index contributed by atoms with van der Waals surface area (Å²) in [5.74, 6) is -1.22. The van der Waals surface area contributed by atoms with Gasteiger partial charge < -0.3 is 10.1 Å². The fourth-order valence-electron chi connectivity index (χ4n) is 4.06. The molecule has 0 saturated carbocycles. The summed E-state index contributed by atoms with van der Waals surface area (Å²) < 4.78 is 60.6. The van der Waals surface area contributed by atoms with Gasteiger partial charge in [0.1, 0.15) is 6.04 Å². The van der Waals surface area contributed by atoms with E-state index in [4.69, 9.17) is 4.74 Å². The zero-order valence-electron chi connectivity index (χ0n) is 20.6. The van der Waals surface area contributed by atoms with Crippen molar-refractivity contribution in [3.8, 4) is 0 Å². The third-order valence-electron chi connectivity index (χ3n) is 5.99. The summed E-state index contributed by atoms with van der Waals surface area (Å²) in [6, 6.07) is 20.0. The largest absolute Gasteiger partial charge is 0.462 e. The Bertz CT molecular complexity index is 1500. The Hall–Kier alpha value is -3.58. The molecule has 4 rings (SSSR count). The van der Waals surface area contributed by atoms with Crippen molar-refractivity contribution in [2.45, 2.75) is 22.8 Å². The summed E-state index contributed by atoms with van der Waals surface area (Å²) in [5, 5.41) is 2.66. The Morgan fingerprint density at radius 2 is 1.37 bits per heavy atom. The molecule has 10 nitrogen and oxygen atoms in total. The standard InChI is InChI=1S/C26H27N3O7S2/c1-2-36-26(31)20-13-15-21(16-14-20)27-25(30)24-19-28(37(32,33)22-9-5-3-6-10-22)17-18-29(24)38(34,35)23-11-7-4-8-12-23/h3-16,24H,2,17-19H2,1H3,(H,27,30)/t24-/m0/s1. The average Bonchev–Trinajstić information content (AvgIpc) is 2.94. The molecule has 1 heterocycles. The van der Waals surface area contributed by atoms with Gasteiger partial charge in [-0.25, -0.2) is 21.6 Å². The molecule has 38 heavy (non-hydrogen) atoms. The second kappa shape index (κ2) is 11.4. The molecule has 200 valence electrons. The molecule has 12 heteroatoms. The van der Waals surface area contributed by atoms with Crippen LogP contribution in [0.15, 0.2) is 94.7 Å². The van der Waals surface area contributed by atoms with Crippen LogP contribution in [0.1, 0.15) is 17.3 Å². The molecule has 3 aromatic carbocycles. The number of rotatable bonds is 8. The maximum Gasteiger partial charge on any atom is 0.338 e. The van der Waals surface area contributed by atoms with Gasteiger partial charge in [-0.2, -0.15) is 8.61 Å². The Labute approximate surface area is 221 Å². The van der Waals surface area contributed by atoms with Crippen LogP contribution in [-0.2, 0) is 29.6 Å². The number of benzene rings is 3. The van der Waals surface area contributed by atoms with E-state index in [-0.39, 0.29) is 41.6 Å². The van der Waals surface area contributed by atoms with Gasteiger partial charge in [0.05, 0.1) is 22.0 Å². The van der Waals surface area contributed by atoms with E-state index in [1.54, 1.807) is 43.3 Å². The van der Waals surface area contributed by atoms with Crippen LogP contribution in [0.4, 0.5) is 5.69 Å². The maximum atomic E-state index is 13.5. The Morgan fingerprint density at radius 3 is 1.92 bits per heavy atom. The Balaban J connectivity index is 1.64. The molecule has 0 aromatic heterocycles. The molecular weight excluding hydrogens is 530 g/mol. The number of hydrogen-bond acceptors (Lipinski definition) is 7. The Kier molecular flexibility index (Phi) is 8.26. The monoisotopic (exact) mass is 557 g/mol. The van der Waals surface area contributed by atoms with E-state index in [9.17, 15) is 26.4 Å². The molecular formula is C26H27N3O7S2. The van der Waals surface area contributed by atoms with E-state index < -0.39 is 38.0 Å². The lowest BCUT2D eigenvalue weighted by molar-refractivity contribution is -0.120. The van der Waals surface area contributed by atoms with Gasteiger partial charge in [0.15, 0.2) is 0 Å². The number of sulfonamides is 2. The molecule has 1 N–H and O–H groups in total. The smallest absolute Gasteiger partial charge is 0.338 e. The number of carbonyl (C=O) groups is 2. The first-order valence-electron chi connectivity index (χ1n) is 11.8. The molecule has 1 fully saturated rings. The first-order chi connectivity index (χ1) is 18.1. The normalized spacial score (nSPS) is 17.0. The predicted octanol–water partition coefficient (Wildman–Crippen LogP) is 2.57. The molecule has 1 aliphatic heterocycles. The molecule has 1 aliphatic rings. The number of ether oxygens (including phenoxy) is 1. The fraction of sp³-hybridized carbons (Fsp3) is 0.231. The van der Waals surface area contributed by atoms with Crippen LogP contribution < -0.4 is 5.32 Å². The number of nitrogens with one attached hydrogen (secondary N) is 1. The molecule has 1 amide bonds. The fourth-order valence-corrected chi connectivity index (χ4v) is 7.11. The van der Waals surface area contributed by atoms with Gasteiger partial charge in [0.2, 0.25) is 26.0 Å². The van der Waals surface area contributed by atoms with Crippen molar-refractivity contribution in [3.05, 3.63) is 90.5 Å². The average molecular weight is 558 g/mol. The van der Waals surface area contributed by atoms with Crippen molar-refractivity contribution < 1.29 is 31.2 Å². The molecule has 0 spiro atoms. The van der Waals surface area contributed by atoms with Crippen LogP contribution in [-0.4, -0.2) is 69.6 Å². The molecule has 0 radical (unpaired) electrons. The quantitative estimate of drug-likeness (QED) is 0.421. The van der Waals surface area contributed by atoms with E-state index in [0.29, 0.717) is 5.69 Å². The lowest BCUT2D eigenvalue weighted by Crippen LogP contribution is -2.60. The predicted molar refractivity (Wildman–Crippen MR) is 140 cm³/mol. The Morgan fingerprint density at radius 1 is 0.816 bits per heavy atom. The highest BCUT2D eigenvalue weighted by Gasteiger charge is 2.43. The van der Waals surface area contributed by atoms with E-state index in [1.165, 1.54) is 48.5 Å². The molecule has 3 aromatic rings. The van der Waals surface area contributed by atoms with E-state index in [0.717, 1.165) is 8.61 Å². The van der Waals surface area contributed by atoms with Gasteiger partial charge >= 0.3 is 5.97 Å². The number of piperazine rings is 1. The highest BCUT2D eigenvalue weighted by molar-refractivity contribution is 7.89. The highest BCUT2D eigenvalue weighted by Crippen LogP contribution is 2.26. The highest BCUT2D eigenvalue weighted by atomic mass is 32.2. The van der Waals surface area contributed by atoms with Crippen molar-refractivity contribution in [1.82, 2.24) is 8.61 Å². The summed E-state index contributed by atoms with van der Waals surface area (Å²) in [6.07, 6.45) is 0. The molecule has 0 bridgehead atoms. The van der Waals surface area contributed by atoms with Gasteiger partial charge in [-0.3, -0.25) is 4.79 Å². The van der Waals surface area contributed by atoms with Crippen molar-refractivity contribution in [3.63, 3.8) is 0 Å². The second-order valence-corrected chi connectivity index (χ2v) is 12.2. The number of nitrogens with zero attached hydrogens (tertiary/aromatic N) is 2. The van der Waals surface area contributed by atoms with Gasteiger partial charge in [-0.05, 0) is 55.5 Å². The molecule has 0 aliphatic carbocycles. The van der Waals surface area contributed by atoms with Gasteiger partial charge in [0.25, 0.3) is 0 Å².